The third kappa shape index (κ3) is 4.16. The summed E-state index contributed by atoms with van der Waals surface area (Å²) in [5.41, 5.74) is 4.27. The summed E-state index contributed by atoms with van der Waals surface area (Å²) in [4.78, 5) is 0. The van der Waals surface area contributed by atoms with Crippen LogP contribution in [0, 0.1) is 18.3 Å². The molecule has 18 heavy (non-hydrogen) atoms. The highest BCUT2D eigenvalue weighted by atomic mass is 14.9. The van der Waals surface area contributed by atoms with Crippen LogP contribution in [-0.4, -0.2) is 12.6 Å². The molecular weight excluding hydrogens is 220 g/mol. The molecule has 0 aromatic heterocycles. The molecule has 1 unspecified atom stereocenters. The summed E-state index contributed by atoms with van der Waals surface area (Å²) >= 11 is 0. The molecule has 0 spiro atoms. The van der Waals surface area contributed by atoms with Crippen molar-refractivity contribution in [1.82, 2.24) is 5.32 Å². The molecule has 2 heteroatoms. The zero-order valence-electron chi connectivity index (χ0n) is 12.2. The first kappa shape index (κ1) is 14.7. The number of benzene rings is 1. The molecule has 1 atom stereocenters. The van der Waals surface area contributed by atoms with Crippen LogP contribution >= 0.6 is 0 Å². The number of hydrogen-bond acceptors (Lipinski definition) is 2. The fourth-order valence-corrected chi connectivity index (χ4v) is 1.88. The lowest BCUT2D eigenvalue weighted by Gasteiger charge is -2.21. The van der Waals surface area contributed by atoms with Crippen LogP contribution in [0.4, 0.5) is 0 Å². The maximum atomic E-state index is 8.72. The molecule has 0 amide bonds. The smallest absolute Gasteiger partial charge is 0.0924 e. The van der Waals surface area contributed by atoms with Crippen LogP contribution in [0.25, 0.3) is 0 Å². The van der Waals surface area contributed by atoms with Gasteiger partial charge in [0.15, 0.2) is 0 Å². The van der Waals surface area contributed by atoms with E-state index in [1.807, 2.05) is 6.92 Å². The maximum absolute atomic E-state index is 8.72. The minimum atomic E-state index is -0.0731. The number of hydrogen-bond donors (Lipinski definition) is 1. The van der Waals surface area contributed by atoms with Gasteiger partial charge in [0.05, 0.1) is 12.1 Å². The van der Waals surface area contributed by atoms with Gasteiger partial charge in [-0.3, -0.25) is 0 Å². The van der Waals surface area contributed by atoms with E-state index in [-0.39, 0.29) is 11.5 Å². The lowest BCUT2D eigenvalue weighted by Crippen LogP contribution is -2.26. The number of aryl methyl sites for hydroxylation is 1. The fourth-order valence-electron chi connectivity index (χ4n) is 1.88. The molecule has 0 fully saturated rings. The highest BCUT2D eigenvalue weighted by Gasteiger charge is 2.14. The first-order valence-electron chi connectivity index (χ1n) is 6.57. The first-order valence-corrected chi connectivity index (χ1v) is 6.57. The third-order valence-electron chi connectivity index (χ3n) is 3.25. The number of nitriles is 1. The fraction of sp³-hybridized carbons (Fsp3) is 0.562. The molecule has 1 rings (SSSR count). The standard InChI is InChI=1S/C16H24N2/c1-12-6-7-15(16(3,4)5)10-14(12)8-9-18-13(2)11-17/h6-7,10,13,18H,8-9H2,1-5H3. The topological polar surface area (TPSA) is 35.8 Å². The quantitative estimate of drug-likeness (QED) is 0.881. The summed E-state index contributed by atoms with van der Waals surface area (Å²) in [5.74, 6) is 0. The van der Waals surface area contributed by atoms with Crippen molar-refractivity contribution < 1.29 is 0 Å². The Balaban J connectivity index is 2.74. The van der Waals surface area contributed by atoms with Gasteiger partial charge in [-0.05, 0) is 42.4 Å². The van der Waals surface area contributed by atoms with Crippen molar-refractivity contribution in [1.29, 1.82) is 5.26 Å². The predicted octanol–water partition coefficient (Wildman–Crippen LogP) is 3.34. The van der Waals surface area contributed by atoms with E-state index in [1.54, 1.807) is 0 Å². The van der Waals surface area contributed by atoms with Gasteiger partial charge in [0.1, 0.15) is 0 Å². The van der Waals surface area contributed by atoms with E-state index in [0.29, 0.717) is 0 Å². The number of nitrogens with zero attached hydrogens (tertiary/aromatic N) is 1. The number of rotatable bonds is 4. The van der Waals surface area contributed by atoms with E-state index in [4.69, 9.17) is 5.26 Å². The second kappa shape index (κ2) is 6.02. The largest absolute Gasteiger partial charge is 0.302 e. The van der Waals surface area contributed by atoms with Crippen LogP contribution in [0.15, 0.2) is 18.2 Å². The van der Waals surface area contributed by atoms with Gasteiger partial charge in [0.25, 0.3) is 0 Å². The average molecular weight is 244 g/mol. The summed E-state index contributed by atoms with van der Waals surface area (Å²) < 4.78 is 0. The normalized spacial score (nSPS) is 13.1. The van der Waals surface area contributed by atoms with Gasteiger partial charge in [0.2, 0.25) is 0 Å². The SMILES string of the molecule is Cc1ccc(C(C)(C)C)cc1CCNC(C)C#N. The Morgan fingerprint density at radius 3 is 2.56 bits per heavy atom. The monoisotopic (exact) mass is 244 g/mol. The van der Waals surface area contributed by atoms with Gasteiger partial charge in [-0.15, -0.1) is 0 Å². The van der Waals surface area contributed by atoms with Gasteiger partial charge in [-0.2, -0.15) is 5.26 Å². The second-order valence-electron chi connectivity index (χ2n) is 5.95. The van der Waals surface area contributed by atoms with E-state index in [0.717, 1.165) is 13.0 Å². The molecule has 98 valence electrons. The molecule has 1 aromatic carbocycles. The zero-order chi connectivity index (χ0) is 13.8. The Kier molecular flexibility index (Phi) is 4.93. The van der Waals surface area contributed by atoms with Crippen LogP contribution in [0.3, 0.4) is 0 Å². The molecule has 1 aromatic rings. The van der Waals surface area contributed by atoms with Crippen molar-refractivity contribution >= 4 is 0 Å². The van der Waals surface area contributed by atoms with E-state index in [9.17, 15) is 0 Å². The third-order valence-corrected chi connectivity index (χ3v) is 3.25. The van der Waals surface area contributed by atoms with Gasteiger partial charge >= 0.3 is 0 Å². The van der Waals surface area contributed by atoms with E-state index in [2.05, 4.69) is 57.3 Å². The summed E-state index contributed by atoms with van der Waals surface area (Å²) in [6, 6.07) is 8.83. The zero-order valence-corrected chi connectivity index (χ0v) is 12.2. The molecule has 0 aliphatic rings. The highest BCUT2D eigenvalue weighted by Crippen LogP contribution is 2.24. The van der Waals surface area contributed by atoms with E-state index < -0.39 is 0 Å². The lowest BCUT2D eigenvalue weighted by atomic mass is 9.85. The number of nitrogens with one attached hydrogen (secondary N) is 1. The Morgan fingerprint density at radius 1 is 1.33 bits per heavy atom. The molecule has 0 aliphatic heterocycles. The van der Waals surface area contributed by atoms with Gasteiger partial charge in [-0.25, -0.2) is 0 Å². The van der Waals surface area contributed by atoms with Crippen molar-refractivity contribution in [2.24, 2.45) is 0 Å². The van der Waals surface area contributed by atoms with Gasteiger partial charge in [-0.1, -0.05) is 39.0 Å². The average Bonchev–Trinajstić information content (AvgIpc) is 2.29. The molecule has 0 saturated carbocycles. The summed E-state index contributed by atoms with van der Waals surface area (Å²) in [6.45, 7) is 11.6. The minimum absolute atomic E-state index is 0.0731. The molecular formula is C16H24N2. The van der Waals surface area contributed by atoms with E-state index >= 15 is 0 Å². The van der Waals surface area contributed by atoms with Crippen molar-refractivity contribution in [3.05, 3.63) is 34.9 Å². The summed E-state index contributed by atoms with van der Waals surface area (Å²) in [7, 11) is 0. The minimum Gasteiger partial charge on any atom is -0.302 e. The Hall–Kier alpha value is -1.33. The predicted molar refractivity (Wildman–Crippen MR) is 76.7 cm³/mol. The molecule has 0 aliphatic carbocycles. The Labute approximate surface area is 111 Å². The Morgan fingerprint density at radius 2 is 2.00 bits per heavy atom. The van der Waals surface area contributed by atoms with Crippen LogP contribution in [-0.2, 0) is 11.8 Å². The van der Waals surface area contributed by atoms with Crippen LogP contribution in [0.2, 0.25) is 0 Å². The second-order valence-corrected chi connectivity index (χ2v) is 5.95. The van der Waals surface area contributed by atoms with Crippen molar-refractivity contribution in [2.75, 3.05) is 6.54 Å². The highest BCUT2D eigenvalue weighted by molar-refractivity contribution is 5.34. The first-order chi connectivity index (χ1) is 8.34. The van der Waals surface area contributed by atoms with Crippen molar-refractivity contribution in [2.45, 2.75) is 52.5 Å². The maximum Gasteiger partial charge on any atom is 0.0924 e. The van der Waals surface area contributed by atoms with Gasteiger partial charge < -0.3 is 5.32 Å². The van der Waals surface area contributed by atoms with Gasteiger partial charge in [0, 0.05) is 6.54 Å². The van der Waals surface area contributed by atoms with Crippen LogP contribution < -0.4 is 5.32 Å². The molecule has 2 nitrogen and oxygen atoms in total. The molecule has 1 N–H and O–H groups in total. The summed E-state index contributed by atoms with van der Waals surface area (Å²) in [6.07, 6.45) is 0.974. The van der Waals surface area contributed by atoms with Crippen LogP contribution in [0.5, 0.6) is 0 Å². The molecule has 0 heterocycles. The Bertz CT molecular complexity index is 435. The van der Waals surface area contributed by atoms with Crippen LogP contribution in [0.1, 0.15) is 44.4 Å². The lowest BCUT2D eigenvalue weighted by molar-refractivity contribution is 0.587. The molecule has 0 bridgehead atoms. The molecule has 0 saturated heterocycles. The van der Waals surface area contributed by atoms with Crippen molar-refractivity contribution in [3.63, 3.8) is 0 Å². The summed E-state index contributed by atoms with van der Waals surface area (Å²) in [5, 5.41) is 11.9. The van der Waals surface area contributed by atoms with Crippen molar-refractivity contribution in [3.8, 4) is 6.07 Å². The van der Waals surface area contributed by atoms with E-state index in [1.165, 1.54) is 16.7 Å². The molecule has 0 radical (unpaired) electrons.